The Morgan fingerprint density at radius 1 is 1.14 bits per heavy atom. The molecule has 0 saturated heterocycles. The van der Waals surface area contributed by atoms with E-state index in [9.17, 15) is 4.79 Å². The highest BCUT2D eigenvalue weighted by molar-refractivity contribution is 6.01. The highest BCUT2D eigenvalue weighted by atomic mass is 16.2. The fraction of sp³-hybridized carbons (Fsp3) is 0.188. The van der Waals surface area contributed by atoms with E-state index in [-0.39, 0.29) is 6.03 Å². The van der Waals surface area contributed by atoms with Crippen LogP contribution in [0.2, 0.25) is 0 Å². The van der Waals surface area contributed by atoms with Crippen molar-refractivity contribution < 1.29 is 4.79 Å². The number of aromatic nitrogens is 3. The molecule has 3 N–H and O–H groups in total. The zero-order chi connectivity index (χ0) is 15.2. The van der Waals surface area contributed by atoms with Crippen molar-refractivity contribution in [2.45, 2.75) is 12.8 Å². The van der Waals surface area contributed by atoms with Crippen LogP contribution in [0.5, 0.6) is 0 Å². The number of H-pyrrole nitrogens is 1. The third-order valence-electron chi connectivity index (χ3n) is 3.38. The zero-order valence-corrected chi connectivity index (χ0v) is 12.0. The third-order valence-corrected chi connectivity index (χ3v) is 3.38. The lowest BCUT2D eigenvalue weighted by Gasteiger charge is -2.09. The Morgan fingerprint density at radius 2 is 2.00 bits per heavy atom. The molecule has 0 bridgehead atoms. The first-order valence-corrected chi connectivity index (χ1v) is 7.20. The predicted molar refractivity (Wildman–Crippen MR) is 85.7 cm³/mol. The number of rotatable bonds is 5. The van der Waals surface area contributed by atoms with Crippen LogP contribution in [0.1, 0.15) is 12.2 Å². The fourth-order valence-electron chi connectivity index (χ4n) is 2.31. The quantitative estimate of drug-likeness (QED) is 0.633. The largest absolute Gasteiger partial charge is 0.338 e. The number of amides is 2. The van der Waals surface area contributed by atoms with Gasteiger partial charge in [-0.1, -0.05) is 36.4 Å². The average molecular weight is 295 g/mol. The second kappa shape index (κ2) is 6.71. The molecule has 2 amide bonds. The Kier molecular flexibility index (Phi) is 4.29. The van der Waals surface area contributed by atoms with Crippen molar-refractivity contribution in [1.29, 1.82) is 0 Å². The average Bonchev–Trinajstić information content (AvgIpc) is 3.05. The Hall–Kier alpha value is -2.89. The van der Waals surface area contributed by atoms with Crippen LogP contribution in [-0.4, -0.2) is 27.8 Å². The van der Waals surface area contributed by atoms with Gasteiger partial charge in [-0.05, 0) is 17.9 Å². The number of nitrogens with one attached hydrogen (secondary N) is 3. The number of aromatic amines is 1. The van der Waals surface area contributed by atoms with Gasteiger partial charge in [0.1, 0.15) is 12.2 Å². The van der Waals surface area contributed by atoms with Crippen LogP contribution in [-0.2, 0) is 6.42 Å². The maximum Gasteiger partial charge on any atom is 0.319 e. The number of aryl methyl sites for hydroxylation is 1. The van der Waals surface area contributed by atoms with Gasteiger partial charge in [-0.25, -0.2) is 9.78 Å². The fourth-order valence-corrected chi connectivity index (χ4v) is 2.31. The van der Waals surface area contributed by atoms with E-state index < -0.39 is 0 Å². The summed E-state index contributed by atoms with van der Waals surface area (Å²) in [6.07, 6.45) is 3.04. The van der Waals surface area contributed by atoms with E-state index in [0.717, 1.165) is 35.1 Å². The van der Waals surface area contributed by atoms with Crippen LogP contribution in [0.25, 0.3) is 10.8 Å². The number of carbonyl (C=O) groups excluding carboxylic acids is 1. The summed E-state index contributed by atoms with van der Waals surface area (Å²) in [6, 6.07) is 13.6. The van der Waals surface area contributed by atoms with Crippen molar-refractivity contribution in [1.82, 2.24) is 20.5 Å². The van der Waals surface area contributed by atoms with Crippen molar-refractivity contribution in [3.05, 3.63) is 54.6 Å². The van der Waals surface area contributed by atoms with E-state index in [1.807, 2.05) is 42.5 Å². The van der Waals surface area contributed by atoms with Crippen LogP contribution in [0.4, 0.5) is 10.5 Å². The second-order valence-electron chi connectivity index (χ2n) is 4.94. The van der Waals surface area contributed by atoms with E-state index >= 15 is 0 Å². The number of urea groups is 1. The van der Waals surface area contributed by atoms with E-state index in [4.69, 9.17) is 0 Å². The predicted octanol–water partition coefficient (Wildman–Crippen LogP) is 2.71. The van der Waals surface area contributed by atoms with Crippen LogP contribution in [0.15, 0.2) is 48.8 Å². The molecule has 22 heavy (non-hydrogen) atoms. The molecule has 0 aliphatic carbocycles. The molecule has 0 aliphatic rings. The smallest absolute Gasteiger partial charge is 0.319 e. The molecular weight excluding hydrogens is 278 g/mol. The molecule has 0 atom stereocenters. The van der Waals surface area contributed by atoms with Gasteiger partial charge in [0.15, 0.2) is 0 Å². The highest BCUT2D eigenvalue weighted by Gasteiger charge is 2.04. The van der Waals surface area contributed by atoms with Crippen LogP contribution in [0.3, 0.4) is 0 Å². The van der Waals surface area contributed by atoms with Crippen LogP contribution < -0.4 is 10.6 Å². The van der Waals surface area contributed by atoms with Gasteiger partial charge < -0.3 is 10.6 Å². The first kappa shape index (κ1) is 14.1. The molecule has 1 heterocycles. The molecule has 1 aromatic heterocycles. The molecule has 6 heteroatoms. The maximum atomic E-state index is 12.0. The molecule has 0 spiro atoms. The zero-order valence-electron chi connectivity index (χ0n) is 12.0. The van der Waals surface area contributed by atoms with Crippen molar-refractivity contribution in [3.63, 3.8) is 0 Å². The van der Waals surface area contributed by atoms with E-state index in [0.29, 0.717) is 6.54 Å². The molecule has 6 nitrogen and oxygen atoms in total. The van der Waals surface area contributed by atoms with E-state index in [1.54, 1.807) is 0 Å². The molecular formula is C16H17N5O. The molecule has 0 saturated carbocycles. The summed E-state index contributed by atoms with van der Waals surface area (Å²) in [5.41, 5.74) is 0.811. The van der Waals surface area contributed by atoms with Crippen molar-refractivity contribution in [2.75, 3.05) is 11.9 Å². The summed E-state index contributed by atoms with van der Waals surface area (Å²) in [6.45, 7) is 0.581. The Balaban J connectivity index is 1.52. The van der Waals surface area contributed by atoms with Crippen molar-refractivity contribution in [3.8, 4) is 0 Å². The van der Waals surface area contributed by atoms with Gasteiger partial charge >= 0.3 is 6.03 Å². The SMILES string of the molecule is O=C(NCCCc1ncn[nH]1)Nc1cccc2ccccc12. The molecule has 0 fully saturated rings. The normalized spacial score (nSPS) is 10.5. The van der Waals surface area contributed by atoms with Crippen LogP contribution in [0, 0.1) is 0 Å². The number of hydrogen-bond acceptors (Lipinski definition) is 3. The van der Waals surface area contributed by atoms with Gasteiger partial charge in [0, 0.05) is 18.4 Å². The molecule has 3 aromatic rings. The topological polar surface area (TPSA) is 82.7 Å². The van der Waals surface area contributed by atoms with Crippen molar-refractivity contribution >= 4 is 22.5 Å². The number of nitrogens with zero attached hydrogens (tertiary/aromatic N) is 2. The molecule has 112 valence electrons. The lowest BCUT2D eigenvalue weighted by Crippen LogP contribution is -2.29. The molecule has 0 aliphatic heterocycles. The summed E-state index contributed by atoms with van der Waals surface area (Å²) in [5.74, 6) is 0.830. The van der Waals surface area contributed by atoms with Gasteiger partial charge in [-0.2, -0.15) is 5.10 Å². The lowest BCUT2D eigenvalue weighted by atomic mass is 10.1. The first-order chi connectivity index (χ1) is 10.8. The first-order valence-electron chi connectivity index (χ1n) is 7.20. The molecule has 0 radical (unpaired) electrons. The monoisotopic (exact) mass is 295 g/mol. The minimum absolute atomic E-state index is 0.200. The van der Waals surface area contributed by atoms with Crippen LogP contribution >= 0.6 is 0 Å². The summed E-state index contributed by atoms with van der Waals surface area (Å²) in [5, 5.41) is 14.5. The second-order valence-corrected chi connectivity index (χ2v) is 4.94. The molecule has 2 aromatic carbocycles. The standard InChI is InChI=1S/C16H17N5O/c22-16(17-10-4-9-15-18-11-19-21-15)20-14-8-3-6-12-5-1-2-7-13(12)14/h1-3,5-8,11H,4,9-10H2,(H2,17,20,22)(H,18,19,21). The minimum Gasteiger partial charge on any atom is -0.338 e. The van der Waals surface area contributed by atoms with E-state index in [2.05, 4.69) is 25.8 Å². The van der Waals surface area contributed by atoms with Gasteiger partial charge in [0.05, 0.1) is 5.69 Å². The molecule has 0 unspecified atom stereocenters. The lowest BCUT2D eigenvalue weighted by molar-refractivity contribution is 0.252. The minimum atomic E-state index is -0.200. The number of anilines is 1. The number of carbonyl (C=O) groups is 1. The number of fused-ring (bicyclic) bond motifs is 1. The maximum absolute atomic E-state index is 12.0. The van der Waals surface area contributed by atoms with Crippen molar-refractivity contribution in [2.24, 2.45) is 0 Å². The number of hydrogen-bond donors (Lipinski definition) is 3. The Bertz CT molecular complexity index is 749. The third kappa shape index (κ3) is 3.41. The summed E-state index contributed by atoms with van der Waals surface area (Å²) in [7, 11) is 0. The summed E-state index contributed by atoms with van der Waals surface area (Å²) >= 11 is 0. The Morgan fingerprint density at radius 3 is 2.86 bits per heavy atom. The number of benzene rings is 2. The van der Waals surface area contributed by atoms with E-state index in [1.165, 1.54) is 6.33 Å². The van der Waals surface area contributed by atoms with Gasteiger partial charge in [-0.3, -0.25) is 5.10 Å². The Labute approximate surface area is 128 Å². The van der Waals surface area contributed by atoms with Gasteiger partial charge in [0.25, 0.3) is 0 Å². The van der Waals surface area contributed by atoms with Gasteiger partial charge in [-0.15, -0.1) is 0 Å². The molecule has 3 rings (SSSR count). The van der Waals surface area contributed by atoms with Gasteiger partial charge in [0.2, 0.25) is 0 Å². The highest BCUT2D eigenvalue weighted by Crippen LogP contribution is 2.22. The summed E-state index contributed by atoms with van der Waals surface area (Å²) in [4.78, 5) is 16.0. The summed E-state index contributed by atoms with van der Waals surface area (Å²) < 4.78 is 0.